The van der Waals surface area contributed by atoms with E-state index < -0.39 is 5.82 Å². The molecule has 0 amide bonds. The molecule has 90 valence electrons. The Balaban J connectivity index is 2.34. The van der Waals surface area contributed by atoms with Crippen molar-refractivity contribution in [3.63, 3.8) is 0 Å². The SMILES string of the molecule is N#Cc1cc(F)cc(Oc2ccccc2CO)c1. The maximum absolute atomic E-state index is 13.2. The summed E-state index contributed by atoms with van der Waals surface area (Å²) in [6.07, 6.45) is 0. The van der Waals surface area contributed by atoms with E-state index in [0.29, 0.717) is 11.3 Å². The van der Waals surface area contributed by atoms with E-state index in [2.05, 4.69) is 0 Å². The largest absolute Gasteiger partial charge is 0.457 e. The molecule has 4 heteroatoms. The van der Waals surface area contributed by atoms with Crippen LogP contribution in [0.3, 0.4) is 0 Å². The highest BCUT2D eigenvalue weighted by Crippen LogP contribution is 2.26. The second-order valence-electron chi connectivity index (χ2n) is 3.66. The fraction of sp³-hybridized carbons (Fsp3) is 0.0714. The van der Waals surface area contributed by atoms with Gasteiger partial charge in [-0.3, -0.25) is 0 Å². The standard InChI is InChI=1S/C14H10FNO2/c15-12-5-10(8-16)6-13(7-12)18-14-4-2-1-3-11(14)9-17/h1-7,17H,9H2. The van der Waals surface area contributed by atoms with E-state index in [0.717, 1.165) is 6.07 Å². The maximum Gasteiger partial charge on any atom is 0.132 e. The van der Waals surface area contributed by atoms with E-state index in [1.807, 2.05) is 6.07 Å². The Morgan fingerprint density at radius 1 is 1.22 bits per heavy atom. The van der Waals surface area contributed by atoms with Gasteiger partial charge in [0.1, 0.15) is 17.3 Å². The molecule has 0 saturated heterocycles. The third-order valence-electron chi connectivity index (χ3n) is 2.37. The third-order valence-corrected chi connectivity index (χ3v) is 2.37. The Morgan fingerprint density at radius 2 is 2.00 bits per heavy atom. The lowest BCUT2D eigenvalue weighted by Crippen LogP contribution is -1.92. The van der Waals surface area contributed by atoms with Crippen LogP contribution in [0.5, 0.6) is 11.5 Å². The zero-order valence-corrected chi connectivity index (χ0v) is 9.43. The second-order valence-corrected chi connectivity index (χ2v) is 3.66. The van der Waals surface area contributed by atoms with Crippen molar-refractivity contribution in [2.24, 2.45) is 0 Å². The normalized spacial score (nSPS) is 9.83. The van der Waals surface area contributed by atoms with Crippen LogP contribution in [0, 0.1) is 17.1 Å². The Bertz CT molecular complexity index is 605. The number of aliphatic hydroxyl groups excluding tert-OH is 1. The molecule has 3 nitrogen and oxygen atoms in total. The van der Waals surface area contributed by atoms with Crippen molar-refractivity contribution < 1.29 is 14.2 Å². The van der Waals surface area contributed by atoms with Crippen molar-refractivity contribution in [3.05, 3.63) is 59.4 Å². The van der Waals surface area contributed by atoms with Crippen molar-refractivity contribution in [3.8, 4) is 17.6 Å². The van der Waals surface area contributed by atoms with E-state index in [1.54, 1.807) is 24.3 Å². The summed E-state index contributed by atoms with van der Waals surface area (Å²) in [6.45, 7) is -0.170. The van der Waals surface area contributed by atoms with Crippen molar-refractivity contribution in [1.29, 1.82) is 5.26 Å². The smallest absolute Gasteiger partial charge is 0.132 e. The molecule has 0 radical (unpaired) electrons. The number of para-hydroxylation sites is 1. The molecule has 0 aromatic heterocycles. The molecule has 0 spiro atoms. The summed E-state index contributed by atoms with van der Waals surface area (Å²) >= 11 is 0. The van der Waals surface area contributed by atoms with Crippen LogP contribution in [0.1, 0.15) is 11.1 Å². The van der Waals surface area contributed by atoms with Crippen LogP contribution in [0.4, 0.5) is 4.39 Å². The minimum atomic E-state index is -0.537. The first-order chi connectivity index (χ1) is 8.72. The van der Waals surface area contributed by atoms with Gasteiger partial charge >= 0.3 is 0 Å². The predicted octanol–water partition coefficient (Wildman–Crippen LogP) is 2.98. The zero-order chi connectivity index (χ0) is 13.0. The van der Waals surface area contributed by atoms with Gasteiger partial charge in [-0.15, -0.1) is 0 Å². The molecule has 0 aliphatic carbocycles. The van der Waals surface area contributed by atoms with E-state index in [9.17, 15) is 4.39 Å². The lowest BCUT2D eigenvalue weighted by atomic mass is 10.2. The van der Waals surface area contributed by atoms with Crippen molar-refractivity contribution in [2.75, 3.05) is 0 Å². The molecule has 0 atom stereocenters. The maximum atomic E-state index is 13.2. The monoisotopic (exact) mass is 243 g/mol. The number of aliphatic hydroxyl groups is 1. The molecule has 18 heavy (non-hydrogen) atoms. The molecule has 2 aromatic carbocycles. The second kappa shape index (κ2) is 5.30. The molecular weight excluding hydrogens is 233 g/mol. The summed E-state index contributed by atoms with van der Waals surface area (Å²) in [6, 6.07) is 12.5. The minimum Gasteiger partial charge on any atom is -0.457 e. The molecule has 2 aromatic rings. The molecule has 0 fully saturated rings. The highest BCUT2D eigenvalue weighted by molar-refractivity contribution is 5.41. The lowest BCUT2D eigenvalue weighted by molar-refractivity contribution is 0.276. The summed E-state index contributed by atoms with van der Waals surface area (Å²) in [7, 11) is 0. The fourth-order valence-electron chi connectivity index (χ4n) is 1.55. The van der Waals surface area contributed by atoms with Gasteiger partial charge in [0.15, 0.2) is 0 Å². The quantitative estimate of drug-likeness (QED) is 0.901. The number of ether oxygens (including phenoxy) is 1. The fourth-order valence-corrected chi connectivity index (χ4v) is 1.55. The van der Waals surface area contributed by atoms with Crippen LogP contribution in [-0.2, 0) is 6.61 Å². The topological polar surface area (TPSA) is 53.2 Å². The highest BCUT2D eigenvalue weighted by atomic mass is 19.1. The van der Waals surface area contributed by atoms with Crippen molar-refractivity contribution in [1.82, 2.24) is 0 Å². The number of hydrogen-bond donors (Lipinski definition) is 1. The van der Waals surface area contributed by atoms with Gasteiger partial charge in [0.25, 0.3) is 0 Å². The van der Waals surface area contributed by atoms with Gasteiger partial charge in [-0.25, -0.2) is 4.39 Å². The molecule has 0 aliphatic heterocycles. The summed E-state index contributed by atoms with van der Waals surface area (Å²) in [5.41, 5.74) is 0.784. The summed E-state index contributed by atoms with van der Waals surface area (Å²) < 4.78 is 18.7. The van der Waals surface area contributed by atoms with E-state index in [4.69, 9.17) is 15.1 Å². The van der Waals surface area contributed by atoms with Crippen LogP contribution in [0.2, 0.25) is 0 Å². The van der Waals surface area contributed by atoms with Crippen molar-refractivity contribution in [2.45, 2.75) is 6.61 Å². The molecule has 1 N–H and O–H groups in total. The van der Waals surface area contributed by atoms with Gasteiger partial charge in [0, 0.05) is 11.6 Å². The van der Waals surface area contributed by atoms with Crippen LogP contribution >= 0.6 is 0 Å². The first-order valence-electron chi connectivity index (χ1n) is 5.30. The molecule has 0 bridgehead atoms. The average Bonchev–Trinajstić information content (AvgIpc) is 2.38. The van der Waals surface area contributed by atoms with Gasteiger partial charge in [0.2, 0.25) is 0 Å². The molecule has 0 saturated carbocycles. The molecule has 0 unspecified atom stereocenters. The van der Waals surface area contributed by atoms with E-state index in [1.165, 1.54) is 12.1 Å². The number of nitrogens with zero attached hydrogens (tertiary/aromatic N) is 1. The van der Waals surface area contributed by atoms with Crippen LogP contribution in [0.15, 0.2) is 42.5 Å². The summed E-state index contributed by atoms with van der Waals surface area (Å²) in [4.78, 5) is 0. The number of benzene rings is 2. The Hall–Kier alpha value is -2.38. The van der Waals surface area contributed by atoms with Crippen LogP contribution < -0.4 is 4.74 Å². The first kappa shape index (κ1) is 12.1. The van der Waals surface area contributed by atoms with Crippen LogP contribution in [-0.4, -0.2) is 5.11 Å². The van der Waals surface area contributed by atoms with Gasteiger partial charge < -0.3 is 9.84 Å². The number of nitriles is 1. The molecule has 2 rings (SSSR count). The highest BCUT2D eigenvalue weighted by Gasteiger charge is 2.06. The lowest BCUT2D eigenvalue weighted by Gasteiger charge is -2.09. The number of halogens is 1. The molecular formula is C14H10FNO2. The first-order valence-corrected chi connectivity index (χ1v) is 5.30. The van der Waals surface area contributed by atoms with Gasteiger partial charge in [-0.05, 0) is 18.2 Å². The Kier molecular flexibility index (Phi) is 3.56. The van der Waals surface area contributed by atoms with Gasteiger partial charge in [-0.1, -0.05) is 18.2 Å². The van der Waals surface area contributed by atoms with Gasteiger partial charge in [0.05, 0.1) is 18.2 Å². The van der Waals surface area contributed by atoms with Crippen molar-refractivity contribution >= 4 is 0 Å². The van der Waals surface area contributed by atoms with Crippen LogP contribution in [0.25, 0.3) is 0 Å². The summed E-state index contributed by atoms with van der Waals surface area (Å²) in [5, 5.41) is 17.9. The Labute approximate surface area is 104 Å². The molecule has 0 aliphatic rings. The number of hydrogen-bond acceptors (Lipinski definition) is 3. The summed E-state index contributed by atoms with van der Waals surface area (Å²) in [5.74, 6) is 0.132. The molecule has 0 heterocycles. The third kappa shape index (κ3) is 2.65. The zero-order valence-electron chi connectivity index (χ0n) is 9.43. The van der Waals surface area contributed by atoms with E-state index in [-0.39, 0.29) is 17.9 Å². The number of rotatable bonds is 3. The predicted molar refractivity (Wildman–Crippen MR) is 63.6 cm³/mol. The average molecular weight is 243 g/mol. The Morgan fingerprint density at radius 3 is 2.72 bits per heavy atom. The van der Waals surface area contributed by atoms with Gasteiger partial charge in [-0.2, -0.15) is 5.26 Å². The van der Waals surface area contributed by atoms with E-state index >= 15 is 0 Å². The minimum absolute atomic E-state index is 0.170.